The smallest absolute Gasteiger partial charge is 0.274 e. The molecule has 0 bridgehead atoms. The topological polar surface area (TPSA) is 69.7 Å². The van der Waals surface area contributed by atoms with E-state index in [-0.39, 0.29) is 24.2 Å². The van der Waals surface area contributed by atoms with Crippen molar-refractivity contribution in [2.24, 2.45) is 0 Å². The van der Waals surface area contributed by atoms with E-state index in [1.54, 1.807) is 0 Å². The lowest BCUT2D eigenvalue weighted by atomic mass is 9.95. The molecule has 1 amide bonds. The Morgan fingerprint density at radius 2 is 2.04 bits per heavy atom. The lowest BCUT2D eigenvalue weighted by Crippen LogP contribution is -2.36. The van der Waals surface area contributed by atoms with Crippen LogP contribution in [0.4, 0.5) is 0 Å². The predicted octanol–water partition coefficient (Wildman–Crippen LogP) is 4.58. The van der Waals surface area contributed by atoms with Crippen molar-refractivity contribution < 1.29 is 19.0 Å². The van der Waals surface area contributed by atoms with Crippen molar-refractivity contribution in [3.05, 3.63) is 17.2 Å². The highest BCUT2D eigenvalue weighted by atomic mass is 35.5. The first kappa shape index (κ1) is 21.1. The fraction of sp³-hybridized carbons (Fsp3) is 0.600. The summed E-state index contributed by atoms with van der Waals surface area (Å²) in [5, 5.41) is 4.07. The normalized spacial score (nSPS) is 20.7. The average Bonchev–Trinajstić information content (AvgIpc) is 3.07. The molecule has 28 heavy (non-hydrogen) atoms. The van der Waals surface area contributed by atoms with E-state index in [9.17, 15) is 4.79 Å². The highest BCUT2D eigenvalue weighted by molar-refractivity contribution is 7.20. The molecule has 3 rings (SSSR count). The summed E-state index contributed by atoms with van der Waals surface area (Å²) < 4.78 is 18.5. The number of nitrogens with zero attached hydrogens (tertiary/aromatic N) is 1. The van der Waals surface area contributed by atoms with Crippen LogP contribution in [0.5, 0.6) is 10.9 Å². The summed E-state index contributed by atoms with van der Waals surface area (Å²) in [6, 6.07) is 3.84. The quantitative estimate of drug-likeness (QED) is 0.669. The second-order valence-corrected chi connectivity index (χ2v) is 8.43. The Labute approximate surface area is 174 Å². The summed E-state index contributed by atoms with van der Waals surface area (Å²) in [5.41, 5.74) is 0.830. The van der Waals surface area contributed by atoms with E-state index in [0.29, 0.717) is 29.2 Å². The van der Waals surface area contributed by atoms with Crippen molar-refractivity contribution >= 4 is 39.1 Å². The highest BCUT2D eigenvalue weighted by Crippen LogP contribution is 2.40. The monoisotopic (exact) mass is 426 g/mol. The molecule has 0 aliphatic heterocycles. The van der Waals surface area contributed by atoms with Gasteiger partial charge in [-0.3, -0.25) is 4.79 Å². The minimum atomic E-state index is -0.0311. The maximum Gasteiger partial charge on any atom is 0.274 e. The van der Waals surface area contributed by atoms with Crippen LogP contribution >= 0.6 is 22.9 Å². The van der Waals surface area contributed by atoms with E-state index in [1.807, 2.05) is 26.0 Å². The van der Waals surface area contributed by atoms with Gasteiger partial charge in [0.15, 0.2) is 0 Å². The number of ether oxygens (including phenoxy) is 3. The molecule has 6 nitrogen and oxygen atoms in total. The number of amides is 1. The van der Waals surface area contributed by atoms with Crippen molar-refractivity contribution in [1.82, 2.24) is 10.3 Å². The molecule has 0 spiro atoms. The van der Waals surface area contributed by atoms with Gasteiger partial charge in [-0.05, 0) is 51.7 Å². The molecule has 1 aliphatic rings. The van der Waals surface area contributed by atoms with Crippen LogP contribution < -0.4 is 14.8 Å². The standard InChI is InChI=1S/C20H27ClN2O4S/c1-4-25-20-23-16-9-10-17(18(21)19(16)28-20)27-15-7-5-14(6-8-15)26-11-12(2)22-13(3)24/h9-10,12,14-15H,4-8,11H2,1-3H3,(H,22,24)/t12-,14?,15?/m0/s1. The van der Waals surface area contributed by atoms with Crippen LogP contribution in [0.2, 0.25) is 5.02 Å². The first-order chi connectivity index (χ1) is 13.5. The van der Waals surface area contributed by atoms with Crippen LogP contribution in [-0.2, 0) is 9.53 Å². The maximum absolute atomic E-state index is 11.1. The Morgan fingerprint density at radius 3 is 2.71 bits per heavy atom. The number of hydrogen-bond acceptors (Lipinski definition) is 6. The number of carbonyl (C=O) groups excluding carboxylic acids is 1. The van der Waals surface area contributed by atoms with Crippen LogP contribution in [0, 0.1) is 0 Å². The minimum absolute atomic E-state index is 0.0259. The van der Waals surface area contributed by atoms with Gasteiger partial charge in [0.1, 0.15) is 10.8 Å². The summed E-state index contributed by atoms with van der Waals surface area (Å²) >= 11 is 8.00. The third kappa shape index (κ3) is 5.49. The van der Waals surface area contributed by atoms with Gasteiger partial charge in [-0.2, -0.15) is 0 Å². The molecule has 1 saturated carbocycles. The number of halogens is 1. The molecule has 1 fully saturated rings. The Hall–Kier alpha value is -1.57. The average molecular weight is 427 g/mol. The van der Waals surface area contributed by atoms with E-state index < -0.39 is 0 Å². The van der Waals surface area contributed by atoms with Gasteiger partial charge < -0.3 is 19.5 Å². The molecular formula is C20H27ClN2O4S. The maximum atomic E-state index is 11.1. The molecule has 1 N–H and O–H groups in total. The summed E-state index contributed by atoms with van der Waals surface area (Å²) in [5.74, 6) is 0.667. The first-order valence-corrected chi connectivity index (χ1v) is 10.9. The molecule has 0 saturated heterocycles. The second kappa shape index (κ2) is 9.76. The molecule has 1 aliphatic carbocycles. The SMILES string of the molecule is CCOc1nc2ccc(OC3CCC(OC[C@H](C)NC(C)=O)CC3)c(Cl)c2s1. The van der Waals surface area contributed by atoms with Gasteiger partial charge in [0.05, 0.1) is 35.6 Å². The van der Waals surface area contributed by atoms with Gasteiger partial charge in [-0.25, -0.2) is 4.98 Å². The van der Waals surface area contributed by atoms with Crippen molar-refractivity contribution in [3.63, 3.8) is 0 Å². The first-order valence-electron chi connectivity index (χ1n) is 9.73. The number of hydrogen-bond donors (Lipinski definition) is 1. The number of thiazole rings is 1. The van der Waals surface area contributed by atoms with Gasteiger partial charge in [-0.15, -0.1) is 0 Å². The molecule has 8 heteroatoms. The number of carbonyl (C=O) groups is 1. The second-order valence-electron chi connectivity index (χ2n) is 7.09. The van der Waals surface area contributed by atoms with Crippen molar-refractivity contribution in [2.75, 3.05) is 13.2 Å². The van der Waals surface area contributed by atoms with Gasteiger partial charge >= 0.3 is 0 Å². The van der Waals surface area contributed by atoms with Crippen LogP contribution in [0.1, 0.15) is 46.5 Å². The molecule has 154 valence electrons. The fourth-order valence-corrected chi connectivity index (χ4v) is 4.59. The van der Waals surface area contributed by atoms with Gasteiger partial charge in [0.25, 0.3) is 5.19 Å². The molecule has 1 atom stereocenters. The number of benzene rings is 1. The molecule has 0 radical (unpaired) electrons. The van der Waals surface area contributed by atoms with Gasteiger partial charge in [0, 0.05) is 13.0 Å². The Morgan fingerprint density at radius 1 is 1.32 bits per heavy atom. The molecule has 1 aromatic carbocycles. The zero-order valence-electron chi connectivity index (χ0n) is 16.5. The molecule has 2 aromatic rings. The van der Waals surface area contributed by atoms with E-state index in [4.69, 9.17) is 25.8 Å². The zero-order valence-corrected chi connectivity index (χ0v) is 18.1. The Balaban J connectivity index is 1.52. The summed E-state index contributed by atoms with van der Waals surface area (Å²) in [6.07, 6.45) is 4.05. The molecule has 1 aromatic heterocycles. The van der Waals surface area contributed by atoms with E-state index in [0.717, 1.165) is 35.9 Å². The minimum Gasteiger partial charge on any atom is -0.489 e. The summed E-state index contributed by atoms with van der Waals surface area (Å²) in [4.78, 5) is 15.5. The van der Waals surface area contributed by atoms with Gasteiger partial charge in [0.2, 0.25) is 5.91 Å². The molecular weight excluding hydrogens is 400 g/mol. The van der Waals surface area contributed by atoms with Crippen molar-refractivity contribution in [3.8, 4) is 10.9 Å². The molecule has 0 unspecified atom stereocenters. The van der Waals surface area contributed by atoms with E-state index in [1.165, 1.54) is 18.3 Å². The van der Waals surface area contributed by atoms with E-state index >= 15 is 0 Å². The van der Waals surface area contributed by atoms with Crippen LogP contribution in [-0.4, -0.2) is 42.4 Å². The lowest BCUT2D eigenvalue weighted by Gasteiger charge is -2.30. The van der Waals surface area contributed by atoms with Gasteiger partial charge in [-0.1, -0.05) is 22.9 Å². The largest absolute Gasteiger partial charge is 0.489 e. The zero-order chi connectivity index (χ0) is 20.1. The van der Waals surface area contributed by atoms with Crippen LogP contribution in [0.25, 0.3) is 10.2 Å². The van der Waals surface area contributed by atoms with E-state index in [2.05, 4.69) is 10.3 Å². The number of fused-ring (bicyclic) bond motifs is 1. The number of nitrogens with one attached hydrogen (secondary N) is 1. The molecule has 1 heterocycles. The fourth-order valence-electron chi connectivity index (χ4n) is 3.36. The predicted molar refractivity (Wildman–Crippen MR) is 112 cm³/mol. The van der Waals surface area contributed by atoms with Crippen molar-refractivity contribution in [1.29, 1.82) is 0 Å². The number of aromatic nitrogens is 1. The van der Waals surface area contributed by atoms with Crippen LogP contribution in [0.3, 0.4) is 0 Å². The van der Waals surface area contributed by atoms with Crippen molar-refractivity contribution in [2.45, 2.75) is 64.7 Å². The summed E-state index contributed by atoms with van der Waals surface area (Å²) in [7, 11) is 0. The lowest BCUT2D eigenvalue weighted by molar-refractivity contribution is -0.120. The third-order valence-corrected chi connectivity index (χ3v) is 6.14. The Kier molecular flexibility index (Phi) is 7.37. The third-order valence-electron chi connectivity index (χ3n) is 4.66. The summed E-state index contributed by atoms with van der Waals surface area (Å²) in [6.45, 7) is 6.51. The van der Waals surface area contributed by atoms with Crippen LogP contribution in [0.15, 0.2) is 12.1 Å². The number of rotatable bonds is 8. The Bertz CT molecular complexity index is 805. The highest BCUT2D eigenvalue weighted by Gasteiger charge is 2.24.